The lowest BCUT2D eigenvalue weighted by molar-refractivity contribution is -0.140. The second-order valence-corrected chi connectivity index (χ2v) is 6.48. The minimum absolute atomic E-state index is 0.0187. The Bertz CT molecular complexity index is 631. The van der Waals surface area contributed by atoms with Crippen LogP contribution in [0.15, 0.2) is 24.3 Å². The molecule has 2 aliphatic rings. The van der Waals surface area contributed by atoms with Crippen molar-refractivity contribution in [3.05, 3.63) is 29.8 Å². The molecule has 3 rings (SSSR count). The van der Waals surface area contributed by atoms with Gasteiger partial charge < -0.3 is 0 Å². The highest BCUT2D eigenvalue weighted by molar-refractivity contribution is 6.06. The average Bonchev–Trinajstić information content (AvgIpc) is 2.78. The molecule has 0 bridgehead atoms. The summed E-state index contributed by atoms with van der Waals surface area (Å²) in [5.74, 6) is -0.752. The monoisotopic (exact) mass is 314 g/mol. The lowest BCUT2D eigenvalue weighted by atomic mass is 9.81. The quantitative estimate of drug-likeness (QED) is 0.805. The molecule has 2 fully saturated rings. The van der Waals surface area contributed by atoms with E-state index in [9.17, 15) is 14.4 Å². The number of imide groups is 1. The van der Waals surface area contributed by atoms with E-state index in [2.05, 4.69) is 0 Å². The van der Waals surface area contributed by atoms with Crippen LogP contribution in [0.3, 0.4) is 0 Å². The second kappa shape index (κ2) is 6.14. The topological polar surface area (TPSA) is 57.7 Å². The van der Waals surface area contributed by atoms with E-state index in [1.807, 2.05) is 31.2 Å². The van der Waals surface area contributed by atoms with E-state index >= 15 is 0 Å². The van der Waals surface area contributed by atoms with E-state index in [1.165, 1.54) is 16.7 Å². The van der Waals surface area contributed by atoms with Gasteiger partial charge in [0.2, 0.25) is 17.7 Å². The molecule has 1 aliphatic heterocycles. The van der Waals surface area contributed by atoms with Gasteiger partial charge in [-0.25, -0.2) is 0 Å². The van der Waals surface area contributed by atoms with Crippen molar-refractivity contribution in [3.8, 4) is 0 Å². The van der Waals surface area contributed by atoms with Crippen molar-refractivity contribution in [2.45, 2.75) is 39.5 Å². The van der Waals surface area contributed by atoms with Gasteiger partial charge in [-0.3, -0.25) is 24.2 Å². The van der Waals surface area contributed by atoms with Crippen molar-refractivity contribution < 1.29 is 14.4 Å². The zero-order valence-electron chi connectivity index (χ0n) is 13.6. The molecule has 5 heteroatoms. The highest BCUT2D eigenvalue weighted by Gasteiger charge is 2.48. The molecule has 1 heterocycles. The zero-order chi connectivity index (χ0) is 16.6. The summed E-state index contributed by atoms with van der Waals surface area (Å²) in [7, 11) is 0. The number of amides is 3. The Kier molecular flexibility index (Phi) is 4.20. The largest absolute Gasteiger partial charge is 0.294 e. The van der Waals surface area contributed by atoms with Gasteiger partial charge in [-0.2, -0.15) is 0 Å². The Hall–Kier alpha value is -2.17. The van der Waals surface area contributed by atoms with Crippen molar-refractivity contribution in [2.75, 3.05) is 11.6 Å². The fourth-order valence-electron chi connectivity index (χ4n) is 3.72. The van der Waals surface area contributed by atoms with E-state index in [4.69, 9.17) is 0 Å². The van der Waals surface area contributed by atoms with Crippen LogP contribution in [0.25, 0.3) is 0 Å². The number of fused-ring (bicyclic) bond motifs is 1. The fraction of sp³-hybridized carbons (Fsp3) is 0.500. The van der Waals surface area contributed by atoms with Gasteiger partial charge in [0.15, 0.2) is 0 Å². The van der Waals surface area contributed by atoms with Crippen LogP contribution in [-0.4, -0.2) is 29.3 Å². The van der Waals surface area contributed by atoms with Crippen LogP contribution < -0.4 is 4.90 Å². The van der Waals surface area contributed by atoms with E-state index in [-0.39, 0.29) is 36.2 Å². The maximum Gasteiger partial charge on any atom is 0.234 e. The van der Waals surface area contributed by atoms with Crippen LogP contribution in [0.1, 0.15) is 38.2 Å². The highest BCUT2D eigenvalue weighted by atomic mass is 16.2. The molecular formula is C18H22N2O3. The predicted octanol–water partition coefficient (Wildman–Crippen LogP) is 2.48. The number of likely N-dealkylation sites (tertiary alicyclic amines) is 1. The van der Waals surface area contributed by atoms with Gasteiger partial charge in [-0.05, 0) is 31.4 Å². The molecule has 122 valence electrons. The molecule has 1 aliphatic carbocycles. The first kappa shape index (κ1) is 15.7. The summed E-state index contributed by atoms with van der Waals surface area (Å²) in [5.41, 5.74) is 1.69. The van der Waals surface area contributed by atoms with Gasteiger partial charge >= 0.3 is 0 Å². The molecule has 1 saturated carbocycles. The van der Waals surface area contributed by atoms with Crippen LogP contribution in [0.4, 0.5) is 5.69 Å². The third-order valence-corrected chi connectivity index (χ3v) is 5.00. The van der Waals surface area contributed by atoms with Crippen LogP contribution in [0, 0.1) is 18.8 Å². The maximum absolute atomic E-state index is 12.6. The van der Waals surface area contributed by atoms with Crippen molar-refractivity contribution in [1.82, 2.24) is 4.90 Å². The molecule has 0 aromatic heterocycles. The smallest absolute Gasteiger partial charge is 0.234 e. The maximum atomic E-state index is 12.6. The van der Waals surface area contributed by atoms with Gasteiger partial charge in [0.25, 0.3) is 0 Å². The summed E-state index contributed by atoms with van der Waals surface area (Å²) < 4.78 is 0. The van der Waals surface area contributed by atoms with Gasteiger partial charge in [-0.1, -0.05) is 31.0 Å². The molecule has 2 atom stereocenters. The average molecular weight is 314 g/mol. The lowest BCUT2D eigenvalue weighted by Gasteiger charge is -2.27. The number of rotatable bonds is 3. The molecule has 23 heavy (non-hydrogen) atoms. The van der Waals surface area contributed by atoms with Crippen LogP contribution in [-0.2, 0) is 14.4 Å². The molecular weight excluding hydrogens is 292 g/mol. The molecule has 5 nitrogen and oxygen atoms in total. The third-order valence-electron chi connectivity index (χ3n) is 5.00. The summed E-state index contributed by atoms with van der Waals surface area (Å²) in [6, 6.07) is 7.51. The number of aryl methyl sites for hydroxylation is 1. The van der Waals surface area contributed by atoms with Crippen LogP contribution in [0.2, 0.25) is 0 Å². The van der Waals surface area contributed by atoms with Gasteiger partial charge in [0.1, 0.15) is 6.67 Å². The number of benzene rings is 1. The Morgan fingerprint density at radius 2 is 1.70 bits per heavy atom. The number of hydrogen-bond donors (Lipinski definition) is 0. The molecule has 1 aromatic rings. The number of carbonyl (C=O) groups excluding carboxylic acids is 3. The van der Waals surface area contributed by atoms with E-state index in [0.717, 1.165) is 36.9 Å². The van der Waals surface area contributed by atoms with Gasteiger partial charge in [0, 0.05) is 12.6 Å². The standard InChI is InChI=1S/C18H22N2O3/c1-12-7-3-6-10-16(12)19(13(2)21)11-20-17(22)14-8-4-5-9-15(14)18(20)23/h3,6-7,10,14-15H,4-5,8-9,11H2,1-2H3/t14-,15-/m1/s1. The van der Waals surface area contributed by atoms with Crippen molar-refractivity contribution >= 4 is 23.4 Å². The molecule has 0 spiro atoms. The van der Waals surface area contributed by atoms with Crippen LogP contribution >= 0.6 is 0 Å². The van der Waals surface area contributed by atoms with Gasteiger partial charge in [0.05, 0.1) is 11.8 Å². The van der Waals surface area contributed by atoms with Gasteiger partial charge in [-0.15, -0.1) is 0 Å². The molecule has 1 saturated heterocycles. The van der Waals surface area contributed by atoms with Crippen molar-refractivity contribution in [3.63, 3.8) is 0 Å². The minimum atomic E-state index is -0.179. The SMILES string of the molecule is CC(=O)N(CN1C(=O)[C@@H]2CCCC[C@H]2C1=O)c1ccccc1C. The van der Waals surface area contributed by atoms with Crippen molar-refractivity contribution in [1.29, 1.82) is 0 Å². The summed E-state index contributed by atoms with van der Waals surface area (Å²) in [6.07, 6.45) is 3.58. The fourth-order valence-corrected chi connectivity index (χ4v) is 3.72. The Labute approximate surface area is 136 Å². The Morgan fingerprint density at radius 3 is 2.22 bits per heavy atom. The number of anilines is 1. The first-order valence-corrected chi connectivity index (χ1v) is 8.19. The Balaban J connectivity index is 1.86. The normalized spacial score (nSPS) is 23.8. The number of carbonyl (C=O) groups is 3. The molecule has 1 aromatic carbocycles. The third kappa shape index (κ3) is 2.76. The van der Waals surface area contributed by atoms with Crippen LogP contribution in [0.5, 0.6) is 0 Å². The Morgan fingerprint density at radius 1 is 1.13 bits per heavy atom. The summed E-state index contributed by atoms with van der Waals surface area (Å²) >= 11 is 0. The number of para-hydroxylation sites is 1. The summed E-state index contributed by atoms with van der Waals surface area (Å²) in [5, 5.41) is 0. The molecule has 3 amide bonds. The lowest BCUT2D eigenvalue weighted by Crippen LogP contribution is -2.44. The highest BCUT2D eigenvalue weighted by Crippen LogP contribution is 2.38. The first-order valence-electron chi connectivity index (χ1n) is 8.19. The van der Waals surface area contributed by atoms with Crippen molar-refractivity contribution in [2.24, 2.45) is 11.8 Å². The summed E-state index contributed by atoms with van der Waals surface area (Å²) in [6.45, 7) is 3.40. The zero-order valence-corrected chi connectivity index (χ0v) is 13.6. The first-order chi connectivity index (χ1) is 11.0. The summed E-state index contributed by atoms with van der Waals surface area (Å²) in [4.78, 5) is 40.1. The molecule has 0 N–H and O–H groups in total. The molecule has 0 radical (unpaired) electrons. The van der Waals surface area contributed by atoms with E-state index in [0.29, 0.717) is 0 Å². The minimum Gasteiger partial charge on any atom is -0.294 e. The van der Waals surface area contributed by atoms with E-state index < -0.39 is 0 Å². The number of nitrogens with zero attached hydrogens (tertiary/aromatic N) is 2. The number of hydrogen-bond acceptors (Lipinski definition) is 3. The predicted molar refractivity (Wildman–Crippen MR) is 86.5 cm³/mol. The second-order valence-electron chi connectivity index (χ2n) is 6.48. The van der Waals surface area contributed by atoms with E-state index in [1.54, 1.807) is 0 Å². The molecule has 0 unspecified atom stereocenters.